The summed E-state index contributed by atoms with van der Waals surface area (Å²) in [6, 6.07) is 8.68. The summed E-state index contributed by atoms with van der Waals surface area (Å²) in [5.41, 5.74) is 3.57. The lowest BCUT2D eigenvalue weighted by atomic mass is 9.91. The summed E-state index contributed by atoms with van der Waals surface area (Å²) < 4.78 is 41.5. The second-order valence-corrected chi connectivity index (χ2v) is 6.88. The first kappa shape index (κ1) is 17.7. The van der Waals surface area contributed by atoms with E-state index in [0.717, 1.165) is 22.4 Å². The van der Waals surface area contributed by atoms with Gasteiger partial charge in [0.05, 0.1) is 0 Å². The number of halogens is 3. The molecule has 0 saturated carbocycles. The summed E-state index contributed by atoms with van der Waals surface area (Å²) in [6.07, 6.45) is -3.60. The average Bonchev–Trinajstić information content (AvgIpc) is 2.94. The van der Waals surface area contributed by atoms with Crippen molar-refractivity contribution < 1.29 is 18.0 Å². The molecule has 1 aliphatic heterocycles. The number of benzene rings is 2. The van der Waals surface area contributed by atoms with Crippen molar-refractivity contribution in [3.8, 4) is 0 Å². The molecule has 1 heterocycles. The Morgan fingerprint density at radius 1 is 1.12 bits per heavy atom. The summed E-state index contributed by atoms with van der Waals surface area (Å²) in [5, 5.41) is 2.43. The molecule has 3 rings (SSSR count). The SMILES string of the molecule is CC(C)Cc1ccc([C@H](N2CCC(=O)N2)C(F)(F)F)c2ccccc12. The summed E-state index contributed by atoms with van der Waals surface area (Å²) in [6.45, 7) is 4.22. The quantitative estimate of drug-likeness (QED) is 0.888. The van der Waals surface area contributed by atoms with Crippen LogP contribution in [0.2, 0.25) is 0 Å². The molecule has 3 nitrogen and oxygen atoms in total. The van der Waals surface area contributed by atoms with Crippen LogP contribution < -0.4 is 5.43 Å². The van der Waals surface area contributed by atoms with Gasteiger partial charge in [-0.15, -0.1) is 0 Å². The van der Waals surface area contributed by atoms with Crippen LogP contribution in [-0.2, 0) is 11.2 Å². The maximum absolute atomic E-state index is 13.8. The number of nitrogens with zero attached hydrogens (tertiary/aromatic N) is 1. The highest BCUT2D eigenvalue weighted by atomic mass is 19.4. The maximum Gasteiger partial charge on any atom is 0.409 e. The fourth-order valence-electron chi connectivity index (χ4n) is 3.45. The minimum Gasteiger partial charge on any atom is -0.288 e. The van der Waals surface area contributed by atoms with Gasteiger partial charge in [0.2, 0.25) is 5.91 Å². The molecule has 2 aromatic rings. The van der Waals surface area contributed by atoms with Crippen LogP contribution in [0.15, 0.2) is 36.4 Å². The average molecular weight is 350 g/mol. The van der Waals surface area contributed by atoms with Crippen LogP contribution in [0.4, 0.5) is 13.2 Å². The summed E-state index contributed by atoms with van der Waals surface area (Å²) in [4.78, 5) is 11.4. The van der Waals surface area contributed by atoms with Crippen LogP contribution in [0.25, 0.3) is 10.8 Å². The van der Waals surface area contributed by atoms with Gasteiger partial charge in [0.15, 0.2) is 6.04 Å². The van der Waals surface area contributed by atoms with Crippen LogP contribution in [0, 0.1) is 5.92 Å². The molecule has 0 bridgehead atoms. The second kappa shape index (κ2) is 6.67. The van der Waals surface area contributed by atoms with Crippen molar-refractivity contribution in [1.29, 1.82) is 0 Å². The van der Waals surface area contributed by atoms with Gasteiger partial charge in [-0.2, -0.15) is 13.2 Å². The molecule has 0 aliphatic carbocycles. The normalized spacial score (nSPS) is 17.3. The number of amides is 1. The van der Waals surface area contributed by atoms with E-state index in [-0.39, 0.29) is 24.4 Å². The predicted molar refractivity (Wildman–Crippen MR) is 90.8 cm³/mol. The standard InChI is InChI=1S/C19H21F3N2O/c1-12(2)11-13-7-8-16(15-6-4-3-5-14(13)15)18(19(20,21)22)24-10-9-17(25)23-24/h3-8,12,18H,9-11H2,1-2H3,(H,23,25)/t18-/m0/s1. The number of rotatable bonds is 4. The third kappa shape index (κ3) is 3.63. The third-order valence-corrected chi connectivity index (χ3v) is 4.44. The van der Waals surface area contributed by atoms with Crippen molar-refractivity contribution >= 4 is 16.7 Å². The molecule has 1 aliphatic rings. The first-order valence-corrected chi connectivity index (χ1v) is 8.40. The summed E-state index contributed by atoms with van der Waals surface area (Å²) in [7, 11) is 0. The van der Waals surface area contributed by atoms with E-state index in [2.05, 4.69) is 19.3 Å². The highest BCUT2D eigenvalue weighted by Crippen LogP contribution is 2.41. The highest BCUT2D eigenvalue weighted by Gasteiger charge is 2.47. The van der Waals surface area contributed by atoms with E-state index in [1.807, 2.05) is 12.1 Å². The molecule has 6 heteroatoms. The van der Waals surface area contributed by atoms with Gasteiger partial charge in [-0.05, 0) is 34.2 Å². The smallest absolute Gasteiger partial charge is 0.288 e. The van der Waals surface area contributed by atoms with Crippen molar-refractivity contribution in [1.82, 2.24) is 10.4 Å². The molecule has 1 fully saturated rings. The number of alkyl halides is 3. The van der Waals surface area contributed by atoms with E-state index in [9.17, 15) is 18.0 Å². The van der Waals surface area contributed by atoms with E-state index in [1.165, 1.54) is 0 Å². The molecule has 134 valence electrons. The number of hydrazine groups is 1. The minimum atomic E-state index is -4.49. The lowest BCUT2D eigenvalue weighted by molar-refractivity contribution is -0.190. The monoisotopic (exact) mass is 350 g/mol. The molecule has 1 saturated heterocycles. The lowest BCUT2D eigenvalue weighted by Gasteiger charge is -2.30. The summed E-state index contributed by atoms with van der Waals surface area (Å²) >= 11 is 0. The molecule has 0 spiro atoms. The number of nitrogens with one attached hydrogen (secondary N) is 1. The number of fused-ring (bicyclic) bond motifs is 1. The van der Waals surface area contributed by atoms with Crippen LogP contribution in [0.3, 0.4) is 0 Å². The fraction of sp³-hybridized carbons (Fsp3) is 0.421. The van der Waals surface area contributed by atoms with Gasteiger partial charge in [-0.25, -0.2) is 5.01 Å². The van der Waals surface area contributed by atoms with E-state index in [1.54, 1.807) is 24.3 Å². The van der Waals surface area contributed by atoms with Crippen LogP contribution >= 0.6 is 0 Å². The number of carbonyl (C=O) groups is 1. The van der Waals surface area contributed by atoms with E-state index in [4.69, 9.17) is 0 Å². The second-order valence-electron chi connectivity index (χ2n) is 6.88. The zero-order valence-corrected chi connectivity index (χ0v) is 14.2. The Morgan fingerprint density at radius 3 is 2.36 bits per heavy atom. The van der Waals surface area contributed by atoms with E-state index in [0.29, 0.717) is 11.3 Å². The topological polar surface area (TPSA) is 32.3 Å². The van der Waals surface area contributed by atoms with Crippen molar-refractivity contribution in [2.75, 3.05) is 6.54 Å². The van der Waals surface area contributed by atoms with Gasteiger partial charge in [0.1, 0.15) is 0 Å². The Morgan fingerprint density at radius 2 is 1.80 bits per heavy atom. The Kier molecular flexibility index (Phi) is 4.73. The van der Waals surface area contributed by atoms with Crippen LogP contribution in [0.5, 0.6) is 0 Å². The van der Waals surface area contributed by atoms with Crippen molar-refractivity contribution in [2.45, 2.75) is 38.9 Å². The summed E-state index contributed by atoms with van der Waals surface area (Å²) in [5.74, 6) is 0.0283. The molecular weight excluding hydrogens is 329 g/mol. The third-order valence-electron chi connectivity index (χ3n) is 4.44. The van der Waals surface area contributed by atoms with E-state index >= 15 is 0 Å². The molecule has 1 amide bonds. The number of carbonyl (C=O) groups excluding carboxylic acids is 1. The molecule has 0 radical (unpaired) electrons. The van der Waals surface area contributed by atoms with Gasteiger partial charge in [0, 0.05) is 13.0 Å². The number of hydrogen-bond donors (Lipinski definition) is 1. The zero-order chi connectivity index (χ0) is 18.2. The largest absolute Gasteiger partial charge is 0.409 e. The van der Waals surface area contributed by atoms with E-state index < -0.39 is 12.2 Å². The Bertz CT molecular complexity index is 786. The molecule has 1 N–H and O–H groups in total. The molecule has 0 aromatic heterocycles. The predicted octanol–water partition coefficient (Wildman–Crippen LogP) is 4.38. The highest BCUT2D eigenvalue weighted by molar-refractivity contribution is 5.89. The van der Waals surface area contributed by atoms with Crippen molar-refractivity contribution in [2.24, 2.45) is 5.92 Å². The van der Waals surface area contributed by atoms with Gasteiger partial charge in [-0.3, -0.25) is 10.2 Å². The van der Waals surface area contributed by atoms with Crippen LogP contribution in [0.1, 0.15) is 37.4 Å². The first-order valence-electron chi connectivity index (χ1n) is 8.40. The molecular formula is C19H21F3N2O. The number of hydrogen-bond acceptors (Lipinski definition) is 2. The Labute approximate surface area is 144 Å². The van der Waals surface area contributed by atoms with Gasteiger partial charge >= 0.3 is 6.18 Å². The van der Waals surface area contributed by atoms with Gasteiger partial charge in [-0.1, -0.05) is 50.2 Å². The molecule has 2 aromatic carbocycles. The lowest BCUT2D eigenvalue weighted by Crippen LogP contribution is -2.43. The maximum atomic E-state index is 13.8. The van der Waals surface area contributed by atoms with Crippen molar-refractivity contribution in [3.63, 3.8) is 0 Å². The molecule has 1 atom stereocenters. The van der Waals surface area contributed by atoms with Gasteiger partial charge in [0.25, 0.3) is 0 Å². The minimum absolute atomic E-state index is 0.0467. The Hall–Kier alpha value is -2.08. The molecule has 0 unspecified atom stereocenters. The van der Waals surface area contributed by atoms with Crippen LogP contribution in [-0.4, -0.2) is 23.6 Å². The van der Waals surface area contributed by atoms with Crippen molar-refractivity contribution in [3.05, 3.63) is 47.5 Å². The van der Waals surface area contributed by atoms with Gasteiger partial charge < -0.3 is 0 Å². The zero-order valence-electron chi connectivity index (χ0n) is 14.2. The first-order chi connectivity index (χ1) is 11.8. The Balaban J connectivity index is 2.14. The molecule has 25 heavy (non-hydrogen) atoms. The fourth-order valence-corrected chi connectivity index (χ4v) is 3.45.